The smallest absolute Gasteiger partial charge is 0.0795 e. The highest BCUT2D eigenvalue weighted by Gasteiger charge is 2.09. The van der Waals surface area contributed by atoms with Crippen molar-refractivity contribution in [3.63, 3.8) is 0 Å². The van der Waals surface area contributed by atoms with Crippen LogP contribution in [0, 0.1) is 6.92 Å². The molecule has 1 heterocycles. The van der Waals surface area contributed by atoms with Crippen molar-refractivity contribution in [2.24, 2.45) is 12.8 Å². The third-order valence-corrected chi connectivity index (χ3v) is 1.95. The maximum absolute atomic E-state index is 8.66. The second kappa shape index (κ2) is 3.69. The van der Waals surface area contributed by atoms with E-state index in [-0.39, 0.29) is 12.6 Å². The largest absolute Gasteiger partial charge is 0.396 e. The van der Waals surface area contributed by atoms with Crippen LogP contribution < -0.4 is 5.73 Å². The minimum Gasteiger partial charge on any atom is -0.396 e. The molecule has 0 aliphatic heterocycles. The first-order chi connectivity index (χ1) is 5.65. The predicted octanol–water partition coefficient (Wildman–Crippen LogP) is 0.111. The van der Waals surface area contributed by atoms with Gasteiger partial charge in [0.2, 0.25) is 0 Å². The SMILES string of the molecule is Cc1cc([C@@H](N)CCO)nn1C. The zero-order chi connectivity index (χ0) is 9.14. The first-order valence-corrected chi connectivity index (χ1v) is 4.02. The van der Waals surface area contributed by atoms with Crippen LogP contribution in [0.5, 0.6) is 0 Å². The molecule has 0 saturated heterocycles. The van der Waals surface area contributed by atoms with Gasteiger partial charge in [0.25, 0.3) is 0 Å². The van der Waals surface area contributed by atoms with Crippen molar-refractivity contribution in [3.05, 3.63) is 17.5 Å². The number of hydrogen-bond acceptors (Lipinski definition) is 3. The molecule has 0 fully saturated rings. The molecule has 0 amide bonds. The van der Waals surface area contributed by atoms with Crippen molar-refractivity contribution >= 4 is 0 Å². The van der Waals surface area contributed by atoms with Crippen molar-refractivity contribution < 1.29 is 5.11 Å². The molecule has 68 valence electrons. The third-order valence-electron chi connectivity index (χ3n) is 1.95. The topological polar surface area (TPSA) is 64.1 Å². The van der Waals surface area contributed by atoms with Gasteiger partial charge in [-0.3, -0.25) is 4.68 Å². The molecule has 0 aliphatic rings. The molecule has 0 unspecified atom stereocenters. The van der Waals surface area contributed by atoms with Crippen LogP contribution in [0.4, 0.5) is 0 Å². The Hall–Kier alpha value is -0.870. The molecule has 1 rings (SSSR count). The number of aliphatic hydroxyl groups excluding tert-OH is 1. The first-order valence-electron chi connectivity index (χ1n) is 4.02. The Balaban J connectivity index is 2.74. The Morgan fingerprint density at radius 3 is 2.83 bits per heavy atom. The molecule has 0 aromatic carbocycles. The van der Waals surface area contributed by atoms with Gasteiger partial charge < -0.3 is 10.8 Å². The summed E-state index contributed by atoms with van der Waals surface area (Å²) in [6.45, 7) is 2.08. The quantitative estimate of drug-likeness (QED) is 0.675. The minimum atomic E-state index is -0.144. The van der Waals surface area contributed by atoms with Crippen molar-refractivity contribution in [2.75, 3.05) is 6.61 Å². The van der Waals surface area contributed by atoms with Gasteiger partial charge in [0, 0.05) is 19.3 Å². The molecule has 0 bridgehead atoms. The lowest BCUT2D eigenvalue weighted by atomic mass is 10.1. The van der Waals surface area contributed by atoms with Gasteiger partial charge in [0.15, 0.2) is 0 Å². The van der Waals surface area contributed by atoms with Gasteiger partial charge >= 0.3 is 0 Å². The standard InChI is InChI=1S/C8H15N3O/c1-6-5-8(10-11(6)2)7(9)3-4-12/h5,7,12H,3-4,9H2,1-2H3/t7-/m0/s1. The van der Waals surface area contributed by atoms with E-state index in [1.807, 2.05) is 20.0 Å². The average Bonchev–Trinajstić information content (AvgIpc) is 2.33. The molecule has 0 radical (unpaired) electrons. The Morgan fingerprint density at radius 2 is 2.42 bits per heavy atom. The molecule has 1 aromatic heterocycles. The molecule has 3 N–H and O–H groups in total. The fourth-order valence-corrected chi connectivity index (χ4v) is 1.06. The van der Waals surface area contributed by atoms with Gasteiger partial charge in [-0.15, -0.1) is 0 Å². The predicted molar refractivity (Wildman–Crippen MR) is 46.6 cm³/mol. The summed E-state index contributed by atoms with van der Waals surface area (Å²) in [5, 5.41) is 12.9. The summed E-state index contributed by atoms with van der Waals surface area (Å²) in [5.41, 5.74) is 7.68. The Labute approximate surface area is 72.0 Å². The summed E-state index contributed by atoms with van der Waals surface area (Å²) in [7, 11) is 1.88. The number of aryl methyl sites for hydroxylation is 2. The highest BCUT2D eigenvalue weighted by molar-refractivity contribution is 5.11. The van der Waals surface area contributed by atoms with E-state index in [9.17, 15) is 0 Å². The second-order valence-electron chi connectivity index (χ2n) is 2.95. The molecule has 12 heavy (non-hydrogen) atoms. The van der Waals surface area contributed by atoms with E-state index in [4.69, 9.17) is 10.8 Å². The molecule has 4 nitrogen and oxygen atoms in total. The maximum Gasteiger partial charge on any atom is 0.0795 e. The van der Waals surface area contributed by atoms with E-state index in [1.54, 1.807) is 4.68 Å². The monoisotopic (exact) mass is 169 g/mol. The molecule has 1 atom stereocenters. The van der Waals surface area contributed by atoms with Crippen molar-refractivity contribution in [2.45, 2.75) is 19.4 Å². The van der Waals surface area contributed by atoms with Crippen molar-refractivity contribution in [1.29, 1.82) is 0 Å². The fourth-order valence-electron chi connectivity index (χ4n) is 1.06. The summed E-state index contributed by atoms with van der Waals surface area (Å²) < 4.78 is 1.78. The zero-order valence-electron chi connectivity index (χ0n) is 7.49. The number of aliphatic hydroxyl groups is 1. The molecule has 0 saturated carbocycles. The van der Waals surface area contributed by atoms with E-state index in [0.717, 1.165) is 11.4 Å². The molecular weight excluding hydrogens is 154 g/mol. The van der Waals surface area contributed by atoms with Crippen LogP contribution in [0.1, 0.15) is 23.9 Å². The summed E-state index contributed by atoms with van der Waals surface area (Å²) in [4.78, 5) is 0. The van der Waals surface area contributed by atoms with Gasteiger partial charge in [0.05, 0.1) is 11.7 Å². The molecule has 1 aromatic rings. The van der Waals surface area contributed by atoms with Crippen LogP contribution in [0.3, 0.4) is 0 Å². The van der Waals surface area contributed by atoms with E-state index in [2.05, 4.69) is 5.10 Å². The van der Waals surface area contributed by atoms with E-state index < -0.39 is 0 Å². The van der Waals surface area contributed by atoms with Gasteiger partial charge in [-0.2, -0.15) is 5.10 Å². The van der Waals surface area contributed by atoms with Crippen LogP contribution in [-0.2, 0) is 7.05 Å². The lowest BCUT2D eigenvalue weighted by molar-refractivity contribution is 0.275. The van der Waals surface area contributed by atoms with Gasteiger partial charge in [0.1, 0.15) is 0 Å². The number of nitrogens with two attached hydrogens (primary N) is 1. The van der Waals surface area contributed by atoms with Crippen LogP contribution in [-0.4, -0.2) is 21.5 Å². The van der Waals surface area contributed by atoms with Crippen molar-refractivity contribution in [3.8, 4) is 0 Å². The minimum absolute atomic E-state index is 0.108. The second-order valence-corrected chi connectivity index (χ2v) is 2.95. The van der Waals surface area contributed by atoms with E-state index >= 15 is 0 Å². The Kier molecular flexibility index (Phi) is 2.83. The highest BCUT2D eigenvalue weighted by Crippen LogP contribution is 2.12. The number of hydrogen-bond donors (Lipinski definition) is 2. The lowest BCUT2D eigenvalue weighted by Gasteiger charge is -2.04. The Morgan fingerprint density at radius 1 is 1.75 bits per heavy atom. The molecular formula is C8H15N3O. The summed E-state index contributed by atoms with van der Waals surface area (Å²) >= 11 is 0. The van der Waals surface area contributed by atoms with Crippen LogP contribution in [0.15, 0.2) is 6.07 Å². The Bertz CT molecular complexity index is 237. The van der Waals surface area contributed by atoms with E-state index in [0.29, 0.717) is 6.42 Å². The average molecular weight is 169 g/mol. The lowest BCUT2D eigenvalue weighted by Crippen LogP contribution is -2.12. The number of aromatic nitrogens is 2. The maximum atomic E-state index is 8.66. The molecule has 4 heteroatoms. The molecule has 0 aliphatic carbocycles. The first kappa shape index (κ1) is 9.22. The molecule has 0 spiro atoms. The third kappa shape index (κ3) is 1.84. The zero-order valence-corrected chi connectivity index (χ0v) is 7.49. The van der Waals surface area contributed by atoms with Crippen molar-refractivity contribution in [1.82, 2.24) is 9.78 Å². The van der Waals surface area contributed by atoms with Gasteiger partial charge in [-0.05, 0) is 19.4 Å². The fraction of sp³-hybridized carbons (Fsp3) is 0.625. The van der Waals surface area contributed by atoms with Gasteiger partial charge in [-0.1, -0.05) is 0 Å². The number of nitrogens with zero attached hydrogens (tertiary/aromatic N) is 2. The van der Waals surface area contributed by atoms with Gasteiger partial charge in [-0.25, -0.2) is 0 Å². The van der Waals surface area contributed by atoms with Crippen LogP contribution in [0.2, 0.25) is 0 Å². The number of rotatable bonds is 3. The van der Waals surface area contributed by atoms with Crippen LogP contribution in [0.25, 0.3) is 0 Å². The van der Waals surface area contributed by atoms with E-state index in [1.165, 1.54) is 0 Å². The summed E-state index contributed by atoms with van der Waals surface area (Å²) in [5.74, 6) is 0. The van der Waals surface area contributed by atoms with Crippen LogP contribution >= 0.6 is 0 Å². The summed E-state index contributed by atoms with van der Waals surface area (Å²) in [6, 6.07) is 1.80. The normalized spacial score (nSPS) is 13.3. The summed E-state index contributed by atoms with van der Waals surface area (Å²) in [6.07, 6.45) is 0.566. The highest BCUT2D eigenvalue weighted by atomic mass is 16.3.